The molecule has 1 aromatic carbocycles. The molecule has 0 aromatic heterocycles. The first-order valence-corrected chi connectivity index (χ1v) is 8.34. The van der Waals surface area contributed by atoms with Crippen LogP contribution in [0.1, 0.15) is 35.7 Å². The second kappa shape index (κ2) is 6.13. The Kier molecular flexibility index (Phi) is 4.65. The third-order valence-electron chi connectivity index (χ3n) is 3.65. The quantitative estimate of drug-likeness (QED) is 0.845. The summed E-state index contributed by atoms with van der Waals surface area (Å²) in [7, 11) is -3.71. The van der Waals surface area contributed by atoms with E-state index in [1.165, 1.54) is 12.1 Å². The Labute approximate surface area is 124 Å². The van der Waals surface area contributed by atoms with Crippen molar-refractivity contribution in [2.75, 3.05) is 6.61 Å². The average molecular weight is 312 g/mol. The fourth-order valence-corrected chi connectivity index (χ4v) is 3.72. The zero-order valence-corrected chi connectivity index (χ0v) is 12.9. The van der Waals surface area contributed by atoms with Crippen molar-refractivity contribution in [2.24, 2.45) is 5.73 Å². The highest BCUT2D eigenvalue weighted by molar-refractivity contribution is 7.89. The third-order valence-corrected chi connectivity index (χ3v) is 5.21. The molecule has 1 fully saturated rings. The Morgan fingerprint density at radius 1 is 1.48 bits per heavy atom. The summed E-state index contributed by atoms with van der Waals surface area (Å²) in [5.41, 5.74) is 6.11. The number of carbonyl (C=O) groups is 1. The molecule has 2 rings (SSSR count). The number of nitrogens with one attached hydrogen (secondary N) is 1. The molecule has 1 aromatic rings. The molecule has 7 heteroatoms. The molecule has 0 spiro atoms. The van der Waals surface area contributed by atoms with E-state index in [1.54, 1.807) is 19.9 Å². The molecule has 3 N–H and O–H groups in total. The van der Waals surface area contributed by atoms with Gasteiger partial charge in [-0.1, -0.05) is 6.07 Å². The lowest BCUT2D eigenvalue weighted by Gasteiger charge is -2.20. The summed E-state index contributed by atoms with van der Waals surface area (Å²) in [6, 6.07) is 4.02. The normalized spacial score (nSPS) is 20.4. The number of rotatable bonds is 5. The van der Waals surface area contributed by atoms with E-state index in [4.69, 9.17) is 10.5 Å². The number of amides is 1. The molecule has 6 nitrogen and oxygen atoms in total. The molecule has 1 heterocycles. The van der Waals surface area contributed by atoms with Gasteiger partial charge in [0.25, 0.3) is 0 Å². The summed E-state index contributed by atoms with van der Waals surface area (Å²) in [4.78, 5) is 11.4. The maximum atomic E-state index is 12.4. The zero-order chi connectivity index (χ0) is 15.6. The van der Waals surface area contributed by atoms with Crippen molar-refractivity contribution in [3.63, 3.8) is 0 Å². The van der Waals surface area contributed by atoms with Gasteiger partial charge in [0.05, 0.1) is 11.0 Å². The van der Waals surface area contributed by atoms with Gasteiger partial charge in [-0.2, -0.15) is 0 Å². The van der Waals surface area contributed by atoms with E-state index >= 15 is 0 Å². The smallest absolute Gasteiger partial charge is 0.249 e. The first-order chi connectivity index (χ1) is 9.81. The van der Waals surface area contributed by atoms with Gasteiger partial charge in [-0.3, -0.25) is 4.79 Å². The maximum absolute atomic E-state index is 12.4. The van der Waals surface area contributed by atoms with Gasteiger partial charge in [0.1, 0.15) is 0 Å². The van der Waals surface area contributed by atoms with Gasteiger partial charge in [-0.05, 0) is 44.4 Å². The van der Waals surface area contributed by atoms with Crippen LogP contribution in [0, 0.1) is 6.92 Å². The number of carbonyl (C=O) groups excluding carboxylic acids is 1. The van der Waals surface area contributed by atoms with E-state index in [2.05, 4.69) is 4.72 Å². The molecular formula is C14H20N2O4S. The summed E-state index contributed by atoms with van der Waals surface area (Å²) in [6.07, 6.45) is 1.66. The minimum Gasteiger partial charge on any atom is -0.377 e. The summed E-state index contributed by atoms with van der Waals surface area (Å²) in [5.74, 6) is -0.642. The summed E-state index contributed by atoms with van der Waals surface area (Å²) >= 11 is 0. The SMILES string of the molecule is Cc1ccc(S(=O)(=O)N[C@@H](C)[C@H]2CCCO2)cc1C(N)=O. The van der Waals surface area contributed by atoms with Crippen LogP contribution in [0.3, 0.4) is 0 Å². The molecule has 0 aliphatic carbocycles. The Morgan fingerprint density at radius 2 is 2.19 bits per heavy atom. The number of aryl methyl sites for hydroxylation is 1. The first-order valence-electron chi connectivity index (χ1n) is 6.85. The number of hydrogen-bond acceptors (Lipinski definition) is 4. The van der Waals surface area contributed by atoms with E-state index in [1.807, 2.05) is 0 Å². The van der Waals surface area contributed by atoms with Crippen LogP contribution in [-0.4, -0.2) is 33.1 Å². The minimum absolute atomic E-state index is 0.0340. The molecular weight excluding hydrogens is 292 g/mol. The van der Waals surface area contributed by atoms with Gasteiger partial charge in [0, 0.05) is 18.2 Å². The largest absolute Gasteiger partial charge is 0.377 e. The molecule has 21 heavy (non-hydrogen) atoms. The van der Waals surface area contributed by atoms with Crippen molar-refractivity contribution in [1.82, 2.24) is 4.72 Å². The van der Waals surface area contributed by atoms with Crippen molar-refractivity contribution in [3.8, 4) is 0 Å². The number of nitrogens with two attached hydrogens (primary N) is 1. The summed E-state index contributed by atoms with van der Waals surface area (Å²) < 4.78 is 32.8. The lowest BCUT2D eigenvalue weighted by Crippen LogP contribution is -2.40. The minimum atomic E-state index is -3.71. The van der Waals surface area contributed by atoms with Crippen molar-refractivity contribution in [3.05, 3.63) is 29.3 Å². The molecule has 0 radical (unpaired) electrons. The molecule has 1 aliphatic rings. The maximum Gasteiger partial charge on any atom is 0.249 e. The molecule has 1 aliphatic heterocycles. The number of primary amides is 1. The number of hydrogen-bond donors (Lipinski definition) is 2. The monoisotopic (exact) mass is 312 g/mol. The summed E-state index contributed by atoms with van der Waals surface area (Å²) in [5, 5.41) is 0. The van der Waals surface area contributed by atoms with Crippen LogP contribution in [0.5, 0.6) is 0 Å². The molecule has 0 bridgehead atoms. The number of benzene rings is 1. The highest BCUT2D eigenvalue weighted by atomic mass is 32.2. The molecule has 0 unspecified atom stereocenters. The zero-order valence-electron chi connectivity index (χ0n) is 12.1. The summed E-state index contributed by atoms with van der Waals surface area (Å²) in [6.45, 7) is 4.14. The van der Waals surface area contributed by atoms with Gasteiger partial charge in [-0.15, -0.1) is 0 Å². The first kappa shape index (κ1) is 15.9. The second-order valence-corrected chi connectivity index (χ2v) is 7.02. The van der Waals surface area contributed by atoms with E-state index < -0.39 is 15.9 Å². The number of sulfonamides is 1. The van der Waals surface area contributed by atoms with Crippen molar-refractivity contribution >= 4 is 15.9 Å². The van der Waals surface area contributed by atoms with Crippen molar-refractivity contribution in [1.29, 1.82) is 0 Å². The number of ether oxygens (including phenoxy) is 1. The molecule has 1 amide bonds. The lowest BCUT2D eigenvalue weighted by atomic mass is 10.1. The average Bonchev–Trinajstić information content (AvgIpc) is 2.92. The van der Waals surface area contributed by atoms with Crippen LogP contribution in [-0.2, 0) is 14.8 Å². The Hall–Kier alpha value is -1.44. The lowest BCUT2D eigenvalue weighted by molar-refractivity contribution is 0.0902. The van der Waals surface area contributed by atoms with E-state index in [0.29, 0.717) is 12.2 Å². The van der Waals surface area contributed by atoms with E-state index in [-0.39, 0.29) is 22.6 Å². The highest BCUT2D eigenvalue weighted by Gasteiger charge is 2.27. The van der Waals surface area contributed by atoms with Gasteiger partial charge >= 0.3 is 0 Å². The standard InChI is InChI=1S/C14H20N2O4S/c1-9-5-6-11(8-12(9)14(15)17)21(18,19)16-10(2)13-4-3-7-20-13/h5-6,8,10,13,16H,3-4,7H2,1-2H3,(H2,15,17)/t10-,13+/m0/s1. The van der Waals surface area contributed by atoms with Crippen molar-refractivity contribution in [2.45, 2.75) is 43.7 Å². The molecule has 116 valence electrons. The molecule has 1 saturated heterocycles. The van der Waals surface area contributed by atoms with Gasteiger partial charge < -0.3 is 10.5 Å². The highest BCUT2D eigenvalue weighted by Crippen LogP contribution is 2.19. The van der Waals surface area contributed by atoms with Crippen molar-refractivity contribution < 1.29 is 17.9 Å². The predicted octanol–water partition coefficient (Wildman–Crippen LogP) is 0.940. The van der Waals surface area contributed by atoms with Crippen LogP contribution in [0.15, 0.2) is 23.1 Å². The predicted molar refractivity (Wildman–Crippen MR) is 78.5 cm³/mol. The van der Waals surface area contributed by atoms with Gasteiger partial charge in [0.2, 0.25) is 15.9 Å². The van der Waals surface area contributed by atoms with Crippen LogP contribution >= 0.6 is 0 Å². The van der Waals surface area contributed by atoms with Crippen LogP contribution < -0.4 is 10.5 Å². The van der Waals surface area contributed by atoms with Crippen LogP contribution in [0.4, 0.5) is 0 Å². The van der Waals surface area contributed by atoms with Crippen LogP contribution in [0.25, 0.3) is 0 Å². The van der Waals surface area contributed by atoms with E-state index in [0.717, 1.165) is 12.8 Å². The second-order valence-electron chi connectivity index (χ2n) is 5.30. The van der Waals surface area contributed by atoms with Crippen LogP contribution in [0.2, 0.25) is 0 Å². The Bertz CT molecular complexity index is 636. The topological polar surface area (TPSA) is 98.5 Å². The van der Waals surface area contributed by atoms with E-state index in [9.17, 15) is 13.2 Å². The Balaban J connectivity index is 2.23. The van der Waals surface area contributed by atoms with Gasteiger partial charge in [0.15, 0.2) is 0 Å². The third kappa shape index (κ3) is 3.61. The van der Waals surface area contributed by atoms with Gasteiger partial charge in [-0.25, -0.2) is 13.1 Å². The fourth-order valence-electron chi connectivity index (χ4n) is 2.42. The molecule has 2 atom stereocenters. The molecule has 0 saturated carbocycles. The fraction of sp³-hybridized carbons (Fsp3) is 0.500. The Morgan fingerprint density at radius 3 is 2.76 bits per heavy atom.